The third-order valence-electron chi connectivity index (χ3n) is 2.32. The lowest BCUT2D eigenvalue weighted by Crippen LogP contribution is -2.07. The van der Waals surface area contributed by atoms with Crippen LogP contribution in [0.5, 0.6) is 0 Å². The number of aromatic nitrogens is 5. The van der Waals surface area contributed by atoms with Crippen LogP contribution >= 0.6 is 34.2 Å². The summed E-state index contributed by atoms with van der Waals surface area (Å²) in [6.07, 6.45) is -2.42. The molecule has 2 aromatic rings. The molecule has 0 aliphatic heterocycles. The van der Waals surface area contributed by atoms with E-state index >= 15 is 0 Å². The molecule has 0 spiro atoms. The molecular formula is C9H9ClF2IN5O. The van der Waals surface area contributed by atoms with Gasteiger partial charge in [-0.1, -0.05) is 11.6 Å². The van der Waals surface area contributed by atoms with Gasteiger partial charge in [0.25, 0.3) is 6.43 Å². The SMILES string of the molecule is Cn1nc(I)c(C(O)c2cn(CC(F)F)nc2Cl)n1. The first-order valence-electron chi connectivity index (χ1n) is 5.14. The normalized spacial score (nSPS) is 13.2. The van der Waals surface area contributed by atoms with E-state index in [1.807, 2.05) is 22.6 Å². The second kappa shape index (κ2) is 5.67. The quantitative estimate of drug-likeness (QED) is 0.788. The molecule has 19 heavy (non-hydrogen) atoms. The van der Waals surface area contributed by atoms with Gasteiger partial charge in [-0.15, -0.1) is 5.10 Å². The third-order valence-corrected chi connectivity index (χ3v) is 3.38. The van der Waals surface area contributed by atoms with E-state index < -0.39 is 19.1 Å². The van der Waals surface area contributed by atoms with Crippen molar-refractivity contribution >= 4 is 34.2 Å². The highest BCUT2D eigenvalue weighted by Crippen LogP contribution is 2.28. The second-order valence-corrected chi connectivity index (χ2v) is 5.14. The Morgan fingerprint density at radius 1 is 1.42 bits per heavy atom. The molecule has 2 heterocycles. The molecule has 1 N–H and O–H groups in total. The van der Waals surface area contributed by atoms with Gasteiger partial charge in [-0.25, -0.2) is 8.78 Å². The number of halogens is 4. The summed E-state index contributed by atoms with van der Waals surface area (Å²) in [6.45, 7) is -0.579. The molecule has 0 amide bonds. The zero-order chi connectivity index (χ0) is 14.2. The van der Waals surface area contributed by atoms with Crippen LogP contribution in [0.1, 0.15) is 17.4 Å². The van der Waals surface area contributed by atoms with Gasteiger partial charge in [-0.3, -0.25) is 4.68 Å². The van der Waals surface area contributed by atoms with Gasteiger partial charge in [-0.05, 0) is 22.6 Å². The summed E-state index contributed by atoms with van der Waals surface area (Å²) in [4.78, 5) is 1.30. The summed E-state index contributed by atoms with van der Waals surface area (Å²) >= 11 is 7.75. The van der Waals surface area contributed by atoms with E-state index in [1.165, 1.54) is 11.0 Å². The average Bonchev–Trinajstić information content (AvgIpc) is 2.80. The van der Waals surface area contributed by atoms with Crippen LogP contribution in [-0.4, -0.2) is 36.3 Å². The van der Waals surface area contributed by atoms with Crippen molar-refractivity contribution in [3.05, 3.63) is 26.3 Å². The second-order valence-electron chi connectivity index (χ2n) is 3.76. The molecule has 0 bridgehead atoms. The Hall–Kier alpha value is -0.810. The molecule has 6 nitrogen and oxygen atoms in total. The first kappa shape index (κ1) is 14.6. The predicted molar refractivity (Wildman–Crippen MR) is 71.0 cm³/mol. The highest BCUT2D eigenvalue weighted by Gasteiger charge is 2.24. The monoisotopic (exact) mass is 403 g/mol. The lowest BCUT2D eigenvalue weighted by Gasteiger charge is -2.05. The molecule has 1 atom stereocenters. The van der Waals surface area contributed by atoms with Crippen LogP contribution < -0.4 is 0 Å². The molecule has 1 unspecified atom stereocenters. The van der Waals surface area contributed by atoms with Crippen molar-refractivity contribution in [1.29, 1.82) is 0 Å². The van der Waals surface area contributed by atoms with Crippen LogP contribution in [0.3, 0.4) is 0 Å². The summed E-state index contributed by atoms with van der Waals surface area (Å²) in [5.74, 6) is 0. The molecule has 0 aromatic carbocycles. The number of alkyl halides is 2. The highest BCUT2D eigenvalue weighted by atomic mass is 127. The van der Waals surface area contributed by atoms with Gasteiger partial charge in [0.2, 0.25) is 0 Å². The zero-order valence-electron chi connectivity index (χ0n) is 9.63. The number of aryl methyl sites for hydroxylation is 1. The lowest BCUT2D eigenvalue weighted by molar-refractivity contribution is 0.121. The van der Waals surface area contributed by atoms with Crippen molar-refractivity contribution in [3.8, 4) is 0 Å². The van der Waals surface area contributed by atoms with Crippen molar-refractivity contribution in [2.75, 3.05) is 0 Å². The van der Waals surface area contributed by atoms with E-state index in [9.17, 15) is 13.9 Å². The Labute approximate surface area is 125 Å². The minimum absolute atomic E-state index is 0.0328. The van der Waals surface area contributed by atoms with Crippen LogP contribution in [0, 0.1) is 3.70 Å². The van der Waals surface area contributed by atoms with Gasteiger partial charge in [-0.2, -0.15) is 15.0 Å². The molecule has 0 aliphatic rings. The molecule has 0 radical (unpaired) electrons. The van der Waals surface area contributed by atoms with Gasteiger partial charge in [0.05, 0.1) is 0 Å². The topological polar surface area (TPSA) is 68.8 Å². The highest BCUT2D eigenvalue weighted by molar-refractivity contribution is 14.1. The third kappa shape index (κ3) is 3.20. The lowest BCUT2D eigenvalue weighted by atomic mass is 10.1. The van der Waals surface area contributed by atoms with E-state index in [0.29, 0.717) is 9.39 Å². The summed E-state index contributed by atoms with van der Waals surface area (Å²) < 4.78 is 26.0. The number of hydrogen-bond acceptors (Lipinski definition) is 4. The van der Waals surface area contributed by atoms with E-state index in [1.54, 1.807) is 7.05 Å². The van der Waals surface area contributed by atoms with Gasteiger partial charge in [0.1, 0.15) is 22.0 Å². The number of aliphatic hydroxyl groups is 1. The molecular weight excluding hydrogens is 394 g/mol. The van der Waals surface area contributed by atoms with Crippen molar-refractivity contribution in [1.82, 2.24) is 24.8 Å². The maximum Gasteiger partial charge on any atom is 0.257 e. The molecule has 10 heteroatoms. The zero-order valence-corrected chi connectivity index (χ0v) is 12.5. The maximum atomic E-state index is 12.3. The fourth-order valence-electron chi connectivity index (χ4n) is 1.54. The van der Waals surface area contributed by atoms with Crippen molar-refractivity contribution in [2.24, 2.45) is 7.05 Å². The van der Waals surface area contributed by atoms with Crippen molar-refractivity contribution in [2.45, 2.75) is 19.1 Å². The van der Waals surface area contributed by atoms with Crippen molar-refractivity contribution in [3.63, 3.8) is 0 Å². The number of hydrogen-bond donors (Lipinski definition) is 1. The summed E-state index contributed by atoms with van der Waals surface area (Å²) in [6, 6.07) is 0. The molecule has 0 aliphatic carbocycles. The fourth-order valence-corrected chi connectivity index (χ4v) is 2.51. The maximum absolute atomic E-state index is 12.3. The van der Waals surface area contributed by atoms with Crippen LogP contribution in [0.15, 0.2) is 6.20 Å². The van der Waals surface area contributed by atoms with E-state index in [2.05, 4.69) is 15.3 Å². The Bertz CT molecular complexity index is 587. The van der Waals surface area contributed by atoms with Gasteiger partial charge in [0.15, 0.2) is 5.15 Å². The average molecular weight is 404 g/mol. The smallest absolute Gasteiger partial charge is 0.257 e. The number of rotatable bonds is 4. The van der Waals surface area contributed by atoms with Gasteiger partial charge >= 0.3 is 0 Å². The first-order chi connectivity index (χ1) is 8.88. The van der Waals surface area contributed by atoms with Crippen LogP contribution in [0.4, 0.5) is 8.78 Å². The summed E-state index contributed by atoms with van der Waals surface area (Å²) in [5.41, 5.74) is 0.530. The molecule has 2 rings (SSSR count). The molecule has 0 saturated heterocycles. The standard InChI is InChI=1S/C9H9ClF2IN5O/c1-17-14-6(9(13)16-17)7(19)4-2-18(3-5(11)12)15-8(4)10/h2,5,7,19H,3H2,1H3. The first-order valence-corrected chi connectivity index (χ1v) is 6.60. The Balaban J connectivity index is 2.31. The molecule has 0 fully saturated rings. The van der Waals surface area contributed by atoms with Crippen LogP contribution in [0.25, 0.3) is 0 Å². The summed E-state index contributed by atoms with van der Waals surface area (Å²) in [5, 5.41) is 21.8. The van der Waals surface area contributed by atoms with E-state index in [-0.39, 0.29) is 10.7 Å². The largest absolute Gasteiger partial charge is 0.382 e. The molecule has 0 saturated carbocycles. The van der Waals surface area contributed by atoms with Crippen LogP contribution in [0.2, 0.25) is 5.15 Å². The van der Waals surface area contributed by atoms with E-state index in [0.717, 1.165) is 4.68 Å². The Morgan fingerprint density at radius 2 is 2.11 bits per heavy atom. The number of nitrogens with zero attached hydrogens (tertiary/aromatic N) is 5. The Morgan fingerprint density at radius 3 is 2.63 bits per heavy atom. The molecule has 2 aromatic heterocycles. The fraction of sp³-hybridized carbons (Fsp3) is 0.444. The van der Waals surface area contributed by atoms with Gasteiger partial charge < -0.3 is 5.11 Å². The summed E-state index contributed by atoms with van der Waals surface area (Å²) in [7, 11) is 1.61. The minimum atomic E-state index is -2.54. The number of aliphatic hydroxyl groups excluding tert-OH is 1. The molecule has 104 valence electrons. The van der Waals surface area contributed by atoms with Gasteiger partial charge in [0, 0.05) is 18.8 Å². The Kier molecular flexibility index (Phi) is 4.36. The predicted octanol–water partition coefficient (Wildman–Crippen LogP) is 1.62. The minimum Gasteiger partial charge on any atom is -0.382 e. The van der Waals surface area contributed by atoms with Crippen molar-refractivity contribution < 1.29 is 13.9 Å². The van der Waals surface area contributed by atoms with E-state index in [4.69, 9.17) is 11.6 Å². The van der Waals surface area contributed by atoms with Crippen LogP contribution in [-0.2, 0) is 13.6 Å².